The zero-order valence-corrected chi connectivity index (χ0v) is 16.2. The number of rotatable bonds is 6. The van der Waals surface area contributed by atoms with Crippen LogP contribution < -0.4 is 0 Å². The maximum Gasteiger partial charge on any atom is 0.340 e. The molecule has 0 heterocycles. The van der Waals surface area contributed by atoms with Crippen LogP contribution in [-0.4, -0.2) is 32.0 Å². The summed E-state index contributed by atoms with van der Waals surface area (Å²) in [6.07, 6.45) is 2.05. The molecule has 2 aromatic rings. The van der Waals surface area contributed by atoms with E-state index >= 15 is 0 Å². The summed E-state index contributed by atoms with van der Waals surface area (Å²) in [5.74, 6) is -1.24. The molecule has 142 valence electrons. The zero-order valence-electron chi connectivity index (χ0n) is 15.4. The Hall–Kier alpha value is -2.47. The van der Waals surface area contributed by atoms with Crippen LogP contribution in [0.25, 0.3) is 0 Å². The van der Waals surface area contributed by atoms with Gasteiger partial charge in [0.1, 0.15) is 0 Å². The molecule has 2 aromatic carbocycles. The van der Waals surface area contributed by atoms with Crippen LogP contribution in [0.1, 0.15) is 52.1 Å². The number of hydrogen-bond acceptors (Lipinski definition) is 5. The Balaban J connectivity index is 1.79. The molecule has 0 N–H and O–H groups in total. The number of aryl methyl sites for hydroxylation is 2. The quantitative estimate of drug-likeness (QED) is 0.562. The van der Waals surface area contributed by atoms with Crippen molar-refractivity contribution >= 4 is 21.6 Å². The highest BCUT2D eigenvalue weighted by Crippen LogP contribution is 2.24. The minimum absolute atomic E-state index is 0.0482. The first-order chi connectivity index (χ1) is 12.8. The lowest BCUT2D eigenvalue weighted by Crippen LogP contribution is -2.25. The van der Waals surface area contributed by atoms with Crippen molar-refractivity contribution in [3.05, 3.63) is 64.7 Å². The molecule has 0 unspecified atom stereocenters. The SMILES string of the molecule is CCS(=O)(=O)c1ccccc1C(=O)O[C@@H](C)C(=O)c1ccc2c(c1)CCC2. The van der Waals surface area contributed by atoms with E-state index in [9.17, 15) is 18.0 Å². The Morgan fingerprint density at radius 3 is 2.52 bits per heavy atom. The van der Waals surface area contributed by atoms with E-state index in [0.717, 1.165) is 19.3 Å². The number of benzene rings is 2. The molecule has 0 saturated carbocycles. The summed E-state index contributed by atoms with van der Waals surface area (Å²) in [5.41, 5.74) is 2.88. The lowest BCUT2D eigenvalue weighted by Gasteiger charge is -2.15. The van der Waals surface area contributed by atoms with Crippen molar-refractivity contribution in [2.75, 3.05) is 5.75 Å². The van der Waals surface area contributed by atoms with E-state index in [1.165, 1.54) is 37.1 Å². The van der Waals surface area contributed by atoms with Gasteiger partial charge in [0.05, 0.1) is 16.2 Å². The van der Waals surface area contributed by atoms with Gasteiger partial charge in [0.15, 0.2) is 15.9 Å². The van der Waals surface area contributed by atoms with E-state index in [0.29, 0.717) is 5.56 Å². The second-order valence-corrected chi connectivity index (χ2v) is 8.90. The van der Waals surface area contributed by atoms with Crippen molar-refractivity contribution in [1.29, 1.82) is 0 Å². The maximum absolute atomic E-state index is 12.7. The molecule has 0 aliphatic heterocycles. The maximum atomic E-state index is 12.7. The van der Waals surface area contributed by atoms with Crippen LogP contribution in [0.3, 0.4) is 0 Å². The first-order valence-corrected chi connectivity index (χ1v) is 10.7. The van der Waals surface area contributed by atoms with Crippen molar-refractivity contribution in [3.63, 3.8) is 0 Å². The second-order valence-electron chi connectivity index (χ2n) is 6.65. The fourth-order valence-corrected chi connectivity index (χ4v) is 4.38. The topological polar surface area (TPSA) is 77.5 Å². The third kappa shape index (κ3) is 3.95. The molecule has 0 fully saturated rings. The summed E-state index contributed by atoms with van der Waals surface area (Å²) < 4.78 is 29.7. The minimum Gasteiger partial charge on any atom is -0.451 e. The molecular weight excluding hydrogens is 364 g/mol. The van der Waals surface area contributed by atoms with Gasteiger partial charge >= 0.3 is 5.97 Å². The minimum atomic E-state index is -3.57. The van der Waals surface area contributed by atoms with Gasteiger partial charge in [0, 0.05) is 5.56 Å². The Labute approximate surface area is 159 Å². The molecule has 6 heteroatoms. The van der Waals surface area contributed by atoms with E-state index in [-0.39, 0.29) is 22.0 Å². The van der Waals surface area contributed by atoms with Crippen molar-refractivity contribution in [2.24, 2.45) is 0 Å². The van der Waals surface area contributed by atoms with Gasteiger partial charge in [0.2, 0.25) is 5.78 Å². The summed E-state index contributed by atoms with van der Waals surface area (Å²) >= 11 is 0. The predicted molar refractivity (Wildman–Crippen MR) is 102 cm³/mol. The molecule has 1 aliphatic rings. The molecule has 0 amide bonds. The fraction of sp³-hybridized carbons (Fsp3) is 0.333. The summed E-state index contributed by atoms with van der Waals surface area (Å²) in [5, 5.41) is 0. The van der Waals surface area contributed by atoms with Crippen LogP contribution in [0.2, 0.25) is 0 Å². The van der Waals surface area contributed by atoms with Gasteiger partial charge in [-0.25, -0.2) is 13.2 Å². The van der Waals surface area contributed by atoms with E-state index in [1.54, 1.807) is 18.2 Å². The van der Waals surface area contributed by atoms with Crippen LogP contribution in [-0.2, 0) is 27.4 Å². The molecule has 3 rings (SSSR count). The third-order valence-corrected chi connectivity index (χ3v) is 6.64. The second kappa shape index (κ2) is 7.64. The van der Waals surface area contributed by atoms with Crippen LogP contribution in [0.15, 0.2) is 47.4 Å². The fourth-order valence-electron chi connectivity index (χ4n) is 3.30. The average Bonchev–Trinajstić information content (AvgIpc) is 3.15. The van der Waals surface area contributed by atoms with Crippen LogP contribution in [0.4, 0.5) is 0 Å². The highest BCUT2D eigenvalue weighted by molar-refractivity contribution is 7.91. The summed E-state index contributed by atoms with van der Waals surface area (Å²) in [6, 6.07) is 11.5. The largest absolute Gasteiger partial charge is 0.451 e. The molecule has 5 nitrogen and oxygen atoms in total. The van der Waals surface area contributed by atoms with E-state index < -0.39 is 21.9 Å². The Bertz CT molecular complexity index is 991. The molecule has 27 heavy (non-hydrogen) atoms. The third-order valence-electron chi connectivity index (χ3n) is 4.86. The number of esters is 1. The van der Waals surface area contributed by atoms with Gasteiger partial charge < -0.3 is 4.74 Å². The number of carbonyl (C=O) groups is 2. The van der Waals surface area contributed by atoms with E-state index in [4.69, 9.17) is 4.74 Å². The lowest BCUT2D eigenvalue weighted by atomic mass is 10.0. The average molecular weight is 386 g/mol. The van der Waals surface area contributed by atoms with Crippen LogP contribution >= 0.6 is 0 Å². The summed E-state index contributed by atoms with van der Waals surface area (Å²) in [4.78, 5) is 25.1. The van der Waals surface area contributed by atoms with Crippen molar-refractivity contribution in [3.8, 4) is 0 Å². The normalized spacial score (nSPS) is 14.4. The molecule has 1 aliphatic carbocycles. The predicted octanol–water partition coefficient (Wildman–Crippen LogP) is 3.40. The highest BCUT2D eigenvalue weighted by atomic mass is 32.2. The molecule has 0 radical (unpaired) electrons. The van der Waals surface area contributed by atoms with Crippen LogP contribution in [0, 0.1) is 0 Å². The molecule has 0 bridgehead atoms. The number of sulfone groups is 1. The Kier molecular flexibility index (Phi) is 5.46. The molecular formula is C21H22O5S. The van der Waals surface area contributed by atoms with Crippen molar-refractivity contribution < 1.29 is 22.7 Å². The Morgan fingerprint density at radius 2 is 1.78 bits per heavy atom. The first kappa shape index (κ1) is 19.3. The summed E-state index contributed by atoms with van der Waals surface area (Å²) in [6.45, 7) is 3.02. The van der Waals surface area contributed by atoms with Crippen molar-refractivity contribution in [1.82, 2.24) is 0 Å². The molecule has 0 aromatic heterocycles. The number of ether oxygens (including phenoxy) is 1. The van der Waals surface area contributed by atoms with E-state index in [1.807, 2.05) is 12.1 Å². The van der Waals surface area contributed by atoms with Gasteiger partial charge in [-0.3, -0.25) is 4.79 Å². The summed E-state index contributed by atoms with van der Waals surface area (Å²) in [7, 11) is -3.57. The first-order valence-electron chi connectivity index (χ1n) is 9.02. The van der Waals surface area contributed by atoms with Gasteiger partial charge in [-0.05, 0) is 55.5 Å². The number of hydrogen-bond donors (Lipinski definition) is 0. The van der Waals surface area contributed by atoms with Crippen molar-refractivity contribution in [2.45, 2.75) is 44.1 Å². The van der Waals surface area contributed by atoms with Gasteiger partial charge in [0.25, 0.3) is 0 Å². The number of fused-ring (bicyclic) bond motifs is 1. The van der Waals surface area contributed by atoms with Gasteiger partial charge in [-0.1, -0.05) is 31.2 Å². The number of carbonyl (C=O) groups excluding carboxylic acids is 2. The van der Waals surface area contributed by atoms with Gasteiger partial charge in [-0.15, -0.1) is 0 Å². The number of Topliss-reactive ketones (excluding diaryl/α,β-unsaturated/α-hetero) is 1. The standard InChI is InChI=1S/C21H22O5S/c1-3-27(24,25)19-10-5-4-9-18(19)21(23)26-14(2)20(22)17-12-11-15-7-6-8-16(15)13-17/h4-5,9-14H,3,6-8H2,1-2H3/t14-/m0/s1. The van der Waals surface area contributed by atoms with Crippen LogP contribution in [0.5, 0.6) is 0 Å². The lowest BCUT2D eigenvalue weighted by molar-refractivity contribution is 0.0315. The Morgan fingerprint density at radius 1 is 1.07 bits per heavy atom. The van der Waals surface area contributed by atoms with Gasteiger partial charge in [-0.2, -0.15) is 0 Å². The molecule has 0 spiro atoms. The monoisotopic (exact) mass is 386 g/mol. The smallest absolute Gasteiger partial charge is 0.340 e. The highest BCUT2D eigenvalue weighted by Gasteiger charge is 2.26. The number of ketones is 1. The zero-order chi connectivity index (χ0) is 19.6. The molecule has 1 atom stereocenters. The molecule has 0 saturated heterocycles. The van der Waals surface area contributed by atoms with E-state index in [2.05, 4.69) is 0 Å².